The van der Waals surface area contributed by atoms with Gasteiger partial charge in [0.1, 0.15) is 0 Å². The van der Waals surface area contributed by atoms with Crippen molar-refractivity contribution in [2.45, 2.75) is 12.5 Å². The van der Waals surface area contributed by atoms with Gasteiger partial charge in [0.15, 0.2) is 0 Å². The molecule has 0 spiro atoms. The average molecular weight is 278 g/mol. The van der Waals surface area contributed by atoms with Crippen LogP contribution in [-0.4, -0.2) is 25.0 Å². The van der Waals surface area contributed by atoms with Crippen molar-refractivity contribution in [3.05, 3.63) is 72.9 Å². The Hall–Kier alpha value is -2.06. The van der Waals surface area contributed by atoms with Crippen molar-refractivity contribution in [1.29, 1.82) is 0 Å². The summed E-state index contributed by atoms with van der Waals surface area (Å²) in [6.45, 7) is 4.40. The Morgan fingerprint density at radius 2 is 1.38 bits per heavy atom. The summed E-state index contributed by atoms with van der Waals surface area (Å²) in [5.41, 5.74) is 3.54. The van der Waals surface area contributed by atoms with Gasteiger partial charge in [-0.25, -0.2) is 0 Å². The summed E-state index contributed by atoms with van der Waals surface area (Å²) in [6.07, 6.45) is 1.20. The van der Waals surface area contributed by atoms with Gasteiger partial charge < -0.3 is 9.80 Å². The zero-order chi connectivity index (χ0) is 14.8. The molecule has 108 valence electrons. The van der Waals surface area contributed by atoms with E-state index in [1.165, 1.54) is 23.5 Å². The SMILES string of the molecule is C=C(C1CC1N(C)C)N(c1ccccc1)c1ccccc1. The highest BCUT2D eigenvalue weighted by Crippen LogP contribution is 2.44. The molecule has 2 aromatic rings. The van der Waals surface area contributed by atoms with Crippen molar-refractivity contribution in [2.24, 2.45) is 5.92 Å². The molecule has 2 atom stereocenters. The van der Waals surface area contributed by atoms with Crippen molar-refractivity contribution in [2.75, 3.05) is 19.0 Å². The third-order valence-corrected chi connectivity index (χ3v) is 4.16. The lowest BCUT2D eigenvalue weighted by molar-refractivity contribution is 0.384. The van der Waals surface area contributed by atoms with Crippen LogP contribution in [0.3, 0.4) is 0 Å². The number of hydrogen-bond acceptors (Lipinski definition) is 2. The van der Waals surface area contributed by atoms with Gasteiger partial charge in [-0.1, -0.05) is 43.0 Å². The molecule has 1 saturated carbocycles. The molecule has 0 saturated heterocycles. The molecule has 2 unspecified atom stereocenters. The van der Waals surface area contributed by atoms with Crippen molar-refractivity contribution in [3.8, 4) is 0 Å². The predicted octanol–water partition coefficient (Wildman–Crippen LogP) is 4.29. The molecule has 2 heteroatoms. The van der Waals surface area contributed by atoms with E-state index >= 15 is 0 Å². The first kappa shape index (κ1) is 13.9. The first-order valence-electron chi connectivity index (χ1n) is 7.44. The molecule has 21 heavy (non-hydrogen) atoms. The number of hydrogen-bond donors (Lipinski definition) is 0. The van der Waals surface area contributed by atoms with Gasteiger partial charge in [0.2, 0.25) is 0 Å². The van der Waals surface area contributed by atoms with E-state index in [4.69, 9.17) is 0 Å². The summed E-state index contributed by atoms with van der Waals surface area (Å²) >= 11 is 0. The lowest BCUT2D eigenvalue weighted by Gasteiger charge is -2.28. The first-order chi connectivity index (χ1) is 10.2. The molecule has 0 aromatic heterocycles. The summed E-state index contributed by atoms with van der Waals surface area (Å²) in [6, 6.07) is 21.6. The van der Waals surface area contributed by atoms with Gasteiger partial charge in [-0.05, 0) is 44.8 Å². The van der Waals surface area contributed by atoms with Crippen LogP contribution >= 0.6 is 0 Å². The second kappa shape index (κ2) is 5.74. The maximum absolute atomic E-state index is 4.40. The number of anilines is 2. The predicted molar refractivity (Wildman–Crippen MR) is 89.7 cm³/mol. The van der Waals surface area contributed by atoms with Gasteiger partial charge in [-0.2, -0.15) is 0 Å². The van der Waals surface area contributed by atoms with E-state index in [2.05, 4.69) is 91.1 Å². The highest BCUT2D eigenvalue weighted by molar-refractivity contribution is 5.68. The minimum atomic E-state index is 0.542. The fraction of sp³-hybridized carbons (Fsp3) is 0.263. The third-order valence-electron chi connectivity index (χ3n) is 4.16. The number of nitrogens with zero attached hydrogens (tertiary/aromatic N) is 2. The summed E-state index contributed by atoms with van der Waals surface area (Å²) in [5.74, 6) is 0.542. The summed E-state index contributed by atoms with van der Waals surface area (Å²) in [7, 11) is 4.29. The van der Waals surface area contributed by atoms with Gasteiger partial charge in [-0.15, -0.1) is 0 Å². The summed E-state index contributed by atoms with van der Waals surface area (Å²) < 4.78 is 0. The highest BCUT2D eigenvalue weighted by atomic mass is 15.2. The molecule has 1 fully saturated rings. The van der Waals surface area contributed by atoms with Gasteiger partial charge >= 0.3 is 0 Å². The van der Waals surface area contributed by atoms with Gasteiger partial charge in [0, 0.05) is 29.0 Å². The van der Waals surface area contributed by atoms with Gasteiger partial charge in [0.05, 0.1) is 0 Å². The number of para-hydroxylation sites is 2. The molecule has 0 radical (unpaired) electrons. The molecule has 0 N–H and O–H groups in total. The fourth-order valence-corrected chi connectivity index (χ4v) is 2.91. The van der Waals surface area contributed by atoms with E-state index in [0.717, 1.165) is 0 Å². The van der Waals surface area contributed by atoms with Crippen molar-refractivity contribution in [3.63, 3.8) is 0 Å². The van der Waals surface area contributed by atoms with Crippen molar-refractivity contribution >= 4 is 11.4 Å². The van der Waals surface area contributed by atoms with Crippen LogP contribution in [0.25, 0.3) is 0 Å². The Bertz CT molecular complexity index is 564. The summed E-state index contributed by atoms with van der Waals surface area (Å²) in [5, 5.41) is 0. The molecule has 1 aliphatic rings. The molecule has 2 aromatic carbocycles. The van der Waals surface area contributed by atoms with Crippen LogP contribution in [0.5, 0.6) is 0 Å². The zero-order valence-corrected chi connectivity index (χ0v) is 12.7. The molecule has 0 aliphatic heterocycles. The van der Waals surface area contributed by atoms with Crippen molar-refractivity contribution < 1.29 is 0 Å². The molecule has 1 aliphatic carbocycles. The van der Waals surface area contributed by atoms with Crippen LogP contribution in [0.1, 0.15) is 6.42 Å². The van der Waals surface area contributed by atoms with Gasteiger partial charge in [0.25, 0.3) is 0 Å². The molecular formula is C19H22N2. The van der Waals surface area contributed by atoms with Crippen LogP contribution in [0.15, 0.2) is 72.9 Å². The standard InChI is InChI=1S/C19H22N2/c1-15(18-14-19(18)20(2)3)21(16-10-6-4-7-11-16)17-12-8-5-9-13-17/h4-13,18-19H,1,14H2,2-3H3. The lowest BCUT2D eigenvalue weighted by atomic mass is 10.1. The molecule has 0 heterocycles. The Morgan fingerprint density at radius 1 is 0.905 bits per heavy atom. The number of benzene rings is 2. The topological polar surface area (TPSA) is 6.48 Å². The van der Waals surface area contributed by atoms with Crippen molar-refractivity contribution in [1.82, 2.24) is 4.90 Å². The minimum absolute atomic E-state index is 0.542. The summed E-state index contributed by atoms with van der Waals surface area (Å²) in [4.78, 5) is 4.58. The normalized spacial score (nSPS) is 20.3. The first-order valence-corrected chi connectivity index (χ1v) is 7.44. The van der Waals surface area contributed by atoms with E-state index in [1.54, 1.807) is 0 Å². The van der Waals surface area contributed by atoms with Crippen LogP contribution in [0, 0.1) is 5.92 Å². The molecule has 0 bridgehead atoms. The molecule has 2 nitrogen and oxygen atoms in total. The van der Waals surface area contributed by atoms with Crippen LogP contribution < -0.4 is 4.90 Å². The molecule has 3 rings (SSSR count). The van der Waals surface area contributed by atoms with E-state index in [0.29, 0.717) is 12.0 Å². The Labute approximate surface area is 127 Å². The Morgan fingerprint density at radius 3 is 1.76 bits per heavy atom. The zero-order valence-electron chi connectivity index (χ0n) is 12.7. The smallest absolute Gasteiger partial charge is 0.0458 e. The van der Waals surface area contributed by atoms with E-state index in [-0.39, 0.29) is 0 Å². The Balaban J connectivity index is 1.93. The fourth-order valence-electron chi connectivity index (χ4n) is 2.91. The molecular weight excluding hydrogens is 256 g/mol. The third kappa shape index (κ3) is 2.86. The quantitative estimate of drug-likeness (QED) is 0.805. The average Bonchev–Trinajstić information content (AvgIpc) is 3.30. The monoisotopic (exact) mass is 278 g/mol. The van der Waals surface area contributed by atoms with E-state index < -0.39 is 0 Å². The second-order valence-electron chi connectivity index (χ2n) is 5.87. The highest BCUT2D eigenvalue weighted by Gasteiger charge is 2.42. The molecule has 0 amide bonds. The lowest BCUT2D eigenvalue weighted by Crippen LogP contribution is -2.22. The maximum atomic E-state index is 4.40. The van der Waals surface area contributed by atoms with E-state index in [1.807, 2.05) is 0 Å². The van der Waals surface area contributed by atoms with Crippen LogP contribution in [0.2, 0.25) is 0 Å². The van der Waals surface area contributed by atoms with Gasteiger partial charge in [-0.3, -0.25) is 0 Å². The Kier molecular flexibility index (Phi) is 3.80. The van der Waals surface area contributed by atoms with Crippen LogP contribution in [-0.2, 0) is 0 Å². The number of rotatable bonds is 5. The van der Waals surface area contributed by atoms with Crippen LogP contribution in [0.4, 0.5) is 11.4 Å². The largest absolute Gasteiger partial charge is 0.314 e. The second-order valence-corrected chi connectivity index (χ2v) is 5.87. The van der Waals surface area contributed by atoms with E-state index in [9.17, 15) is 0 Å². The maximum Gasteiger partial charge on any atom is 0.0458 e. The minimum Gasteiger partial charge on any atom is -0.314 e.